The molecule has 0 aliphatic heterocycles. The highest BCUT2D eigenvalue weighted by Crippen LogP contribution is 2.14. The number of hydrogen-bond acceptors (Lipinski definition) is 6. The van der Waals surface area contributed by atoms with Gasteiger partial charge < -0.3 is 9.73 Å². The Hall–Kier alpha value is -2.61. The predicted molar refractivity (Wildman–Crippen MR) is 100 cm³/mol. The van der Waals surface area contributed by atoms with Gasteiger partial charge in [-0.2, -0.15) is 0 Å². The van der Waals surface area contributed by atoms with Crippen LogP contribution < -0.4 is 11.1 Å². The van der Waals surface area contributed by atoms with Crippen LogP contribution in [0.4, 0.5) is 0 Å². The van der Waals surface area contributed by atoms with Crippen molar-refractivity contribution in [1.29, 1.82) is 0 Å². The number of carbonyl (C=O) groups is 1. The Morgan fingerprint density at radius 2 is 1.96 bits per heavy atom. The molecule has 0 fully saturated rings. The van der Waals surface area contributed by atoms with E-state index in [0.29, 0.717) is 17.3 Å². The number of fused-ring (bicyclic) bond motifs is 1. The minimum Gasteiger partial charge on any atom is -0.408 e. The van der Waals surface area contributed by atoms with E-state index in [9.17, 15) is 9.59 Å². The fourth-order valence-corrected chi connectivity index (χ4v) is 3.47. The first-order valence-corrected chi connectivity index (χ1v) is 9.24. The Bertz CT molecular complexity index is 975. The second-order valence-electron chi connectivity index (χ2n) is 6.14. The number of thioether (sulfide) groups is 1. The van der Waals surface area contributed by atoms with Crippen LogP contribution in [-0.2, 0) is 11.3 Å². The number of aromatic nitrogens is 3. The van der Waals surface area contributed by atoms with Crippen molar-refractivity contribution in [2.45, 2.75) is 38.5 Å². The van der Waals surface area contributed by atoms with Gasteiger partial charge >= 0.3 is 5.76 Å². The molecule has 26 heavy (non-hydrogen) atoms. The Balaban J connectivity index is 1.59. The molecule has 1 amide bonds. The topological polar surface area (TPSA) is 90.0 Å². The summed E-state index contributed by atoms with van der Waals surface area (Å²) in [4.78, 5) is 32.8. The van der Waals surface area contributed by atoms with Gasteiger partial charge in [0.05, 0.1) is 11.3 Å². The van der Waals surface area contributed by atoms with Gasteiger partial charge in [-0.05, 0) is 39.0 Å². The zero-order valence-corrected chi connectivity index (χ0v) is 15.7. The lowest BCUT2D eigenvalue weighted by molar-refractivity contribution is -0.119. The van der Waals surface area contributed by atoms with Crippen molar-refractivity contribution in [3.63, 3.8) is 0 Å². The molecule has 1 aromatic carbocycles. The molecule has 0 saturated carbocycles. The first kappa shape index (κ1) is 18.2. The van der Waals surface area contributed by atoms with Gasteiger partial charge in [0.15, 0.2) is 10.7 Å². The molecule has 0 radical (unpaired) electrons. The summed E-state index contributed by atoms with van der Waals surface area (Å²) in [6.45, 7) is 5.98. The molecule has 7 nitrogen and oxygen atoms in total. The van der Waals surface area contributed by atoms with Crippen LogP contribution in [0.1, 0.15) is 18.3 Å². The van der Waals surface area contributed by atoms with E-state index < -0.39 is 5.76 Å². The summed E-state index contributed by atoms with van der Waals surface area (Å²) in [6, 6.07) is 8.89. The third-order valence-corrected chi connectivity index (χ3v) is 4.58. The van der Waals surface area contributed by atoms with Crippen LogP contribution in [0, 0.1) is 13.8 Å². The molecule has 2 aromatic heterocycles. The molecule has 0 aliphatic carbocycles. The van der Waals surface area contributed by atoms with E-state index in [1.165, 1.54) is 16.3 Å². The van der Waals surface area contributed by atoms with Gasteiger partial charge in [0.25, 0.3) is 0 Å². The molecular weight excluding hydrogens is 352 g/mol. The standard InChI is InChI=1S/C18H20N4O3S/c1-11-8-12(2)21-17(20-11)26-10-16(23)19-13(3)9-22-14-6-4-5-7-15(14)25-18(22)24/h4-8,13H,9-10H2,1-3H3,(H,19,23)/t13-/m0/s1. The minimum atomic E-state index is -0.426. The van der Waals surface area contributed by atoms with Crippen LogP contribution in [-0.4, -0.2) is 32.2 Å². The van der Waals surface area contributed by atoms with Crippen molar-refractivity contribution >= 4 is 28.8 Å². The van der Waals surface area contributed by atoms with Crippen LogP contribution in [0.25, 0.3) is 11.1 Å². The van der Waals surface area contributed by atoms with E-state index >= 15 is 0 Å². The highest BCUT2D eigenvalue weighted by Gasteiger charge is 2.14. The maximum Gasteiger partial charge on any atom is 0.420 e. The summed E-state index contributed by atoms with van der Waals surface area (Å²) < 4.78 is 6.73. The lowest BCUT2D eigenvalue weighted by Gasteiger charge is -2.14. The monoisotopic (exact) mass is 372 g/mol. The Morgan fingerprint density at radius 3 is 2.69 bits per heavy atom. The highest BCUT2D eigenvalue weighted by molar-refractivity contribution is 7.99. The Morgan fingerprint density at radius 1 is 1.27 bits per heavy atom. The summed E-state index contributed by atoms with van der Waals surface area (Å²) in [5, 5.41) is 3.48. The number of rotatable bonds is 6. The summed E-state index contributed by atoms with van der Waals surface area (Å²) in [7, 11) is 0. The van der Waals surface area contributed by atoms with E-state index in [4.69, 9.17) is 4.42 Å². The van der Waals surface area contributed by atoms with Crippen molar-refractivity contribution in [1.82, 2.24) is 19.9 Å². The normalized spacial score (nSPS) is 12.3. The quantitative estimate of drug-likeness (QED) is 0.527. The fraction of sp³-hybridized carbons (Fsp3) is 0.333. The van der Waals surface area contributed by atoms with Gasteiger partial charge in [-0.25, -0.2) is 14.8 Å². The van der Waals surface area contributed by atoms with Crippen LogP contribution in [0.15, 0.2) is 44.7 Å². The molecule has 0 aliphatic rings. The number of hydrogen-bond donors (Lipinski definition) is 1. The second-order valence-corrected chi connectivity index (χ2v) is 7.08. The van der Waals surface area contributed by atoms with Crippen LogP contribution >= 0.6 is 11.8 Å². The van der Waals surface area contributed by atoms with Gasteiger partial charge in [0, 0.05) is 24.0 Å². The lowest BCUT2D eigenvalue weighted by Crippen LogP contribution is -2.38. The summed E-state index contributed by atoms with van der Waals surface area (Å²) in [5.74, 6) is -0.342. The van der Waals surface area contributed by atoms with Crippen LogP contribution in [0.2, 0.25) is 0 Å². The number of nitrogens with zero attached hydrogens (tertiary/aromatic N) is 3. The van der Waals surface area contributed by atoms with E-state index in [1.54, 1.807) is 6.07 Å². The Labute approximate surface area is 154 Å². The molecule has 0 unspecified atom stereocenters. The molecule has 2 heterocycles. The summed E-state index contributed by atoms with van der Waals surface area (Å²) in [6.07, 6.45) is 0. The average molecular weight is 372 g/mol. The number of nitrogens with one attached hydrogen (secondary N) is 1. The van der Waals surface area contributed by atoms with Gasteiger partial charge in [0.2, 0.25) is 5.91 Å². The second kappa shape index (κ2) is 7.74. The SMILES string of the molecule is Cc1cc(C)nc(SCC(=O)N[C@@H](C)Cn2c(=O)oc3ccccc32)n1. The van der Waals surface area contributed by atoms with Gasteiger partial charge in [0.1, 0.15) is 0 Å². The van der Waals surface area contributed by atoms with E-state index in [1.807, 2.05) is 45.0 Å². The number of oxazole rings is 1. The lowest BCUT2D eigenvalue weighted by atomic mass is 10.3. The summed E-state index contributed by atoms with van der Waals surface area (Å²) >= 11 is 1.29. The maximum atomic E-state index is 12.2. The zero-order chi connectivity index (χ0) is 18.7. The van der Waals surface area contributed by atoms with Gasteiger partial charge in [-0.3, -0.25) is 9.36 Å². The molecule has 136 valence electrons. The van der Waals surface area contributed by atoms with Crippen LogP contribution in [0.3, 0.4) is 0 Å². The largest absolute Gasteiger partial charge is 0.420 e. The van der Waals surface area contributed by atoms with Crippen LogP contribution in [0.5, 0.6) is 0 Å². The fourth-order valence-electron chi connectivity index (χ4n) is 2.71. The summed E-state index contributed by atoms with van der Waals surface area (Å²) in [5.41, 5.74) is 3.01. The van der Waals surface area contributed by atoms with E-state index in [2.05, 4.69) is 15.3 Å². The first-order valence-electron chi connectivity index (χ1n) is 8.25. The van der Waals surface area contributed by atoms with Crippen molar-refractivity contribution in [3.8, 4) is 0 Å². The van der Waals surface area contributed by atoms with E-state index in [-0.39, 0.29) is 17.7 Å². The number of para-hydroxylation sites is 2. The number of benzene rings is 1. The molecule has 1 atom stereocenters. The van der Waals surface area contributed by atoms with Crippen molar-refractivity contribution in [2.24, 2.45) is 0 Å². The van der Waals surface area contributed by atoms with Crippen molar-refractivity contribution in [2.75, 3.05) is 5.75 Å². The van der Waals surface area contributed by atoms with E-state index in [0.717, 1.165) is 16.9 Å². The molecule has 3 rings (SSSR count). The third-order valence-electron chi connectivity index (χ3n) is 3.73. The molecule has 3 aromatic rings. The Kier molecular flexibility index (Phi) is 5.41. The predicted octanol–water partition coefficient (Wildman–Crippen LogP) is 2.30. The molecule has 1 N–H and O–H groups in total. The third kappa shape index (κ3) is 4.32. The van der Waals surface area contributed by atoms with Crippen molar-refractivity contribution < 1.29 is 9.21 Å². The van der Waals surface area contributed by atoms with Gasteiger partial charge in [-0.1, -0.05) is 23.9 Å². The van der Waals surface area contributed by atoms with Crippen molar-refractivity contribution in [3.05, 3.63) is 52.3 Å². The molecule has 0 bridgehead atoms. The van der Waals surface area contributed by atoms with Gasteiger partial charge in [-0.15, -0.1) is 0 Å². The first-order chi connectivity index (χ1) is 12.4. The molecular formula is C18H20N4O3S. The molecule has 0 spiro atoms. The number of amides is 1. The number of aryl methyl sites for hydroxylation is 2. The smallest absolute Gasteiger partial charge is 0.408 e. The minimum absolute atomic E-state index is 0.133. The molecule has 8 heteroatoms. The highest BCUT2D eigenvalue weighted by atomic mass is 32.2. The number of carbonyl (C=O) groups excluding carboxylic acids is 1. The zero-order valence-electron chi connectivity index (χ0n) is 14.9. The maximum absolute atomic E-state index is 12.2. The average Bonchev–Trinajstić information content (AvgIpc) is 2.88. The molecule has 0 saturated heterocycles.